The van der Waals surface area contributed by atoms with Gasteiger partial charge >= 0.3 is 0 Å². The van der Waals surface area contributed by atoms with Crippen molar-refractivity contribution in [1.29, 1.82) is 0 Å². The van der Waals surface area contributed by atoms with E-state index < -0.39 is 0 Å². The van der Waals surface area contributed by atoms with Gasteiger partial charge in [0.25, 0.3) is 0 Å². The van der Waals surface area contributed by atoms with Crippen LogP contribution in [0.25, 0.3) is 0 Å². The SMILES string of the molecule is C=CCC(=O)C=CCCCCCCCCCC. The van der Waals surface area contributed by atoms with Gasteiger partial charge in [-0.2, -0.15) is 0 Å². The lowest BCUT2D eigenvalue weighted by atomic mass is 10.1. The maximum absolute atomic E-state index is 11.1. The van der Waals surface area contributed by atoms with Crippen LogP contribution in [0.3, 0.4) is 0 Å². The summed E-state index contributed by atoms with van der Waals surface area (Å²) in [6.07, 6.45) is 17.6. The molecule has 0 spiro atoms. The summed E-state index contributed by atoms with van der Waals surface area (Å²) < 4.78 is 0. The maximum Gasteiger partial charge on any atom is 0.159 e. The second-order valence-electron chi connectivity index (χ2n) is 4.63. The molecule has 0 bridgehead atoms. The van der Waals surface area contributed by atoms with E-state index in [-0.39, 0.29) is 5.78 Å². The molecule has 0 aromatic rings. The molecule has 17 heavy (non-hydrogen) atoms. The second kappa shape index (κ2) is 13.2. The third kappa shape index (κ3) is 13.1. The molecule has 0 aromatic carbocycles. The Hall–Kier alpha value is -0.850. The number of unbranched alkanes of at least 4 members (excludes halogenated alkanes) is 8. The molecular weight excluding hydrogens is 208 g/mol. The van der Waals surface area contributed by atoms with Gasteiger partial charge in [-0.25, -0.2) is 0 Å². The Morgan fingerprint density at radius 3 is 2.18 bits per heavy atom. The molecule has 0 aliphatic carbocycles. The lowest BCUT2D eigenvalue weighted by Gasteiger charge is -1.99. The van der Waals surface area contributed by atoms with Crippen LogP contribution < -0.4 is 0 Å². The van der Waals surface area contributed by atoms with Crippen molar-refractivity contribution >= 4 is 5.78 Å². The van der Waals surface area contributed by atoms with Gasteiger partial charge in [-0.05, 0) is 18.9 Å². The Morgan fingerprint density at radius 1 is 1.00 bits per heavy atom. The second-order valence-corrected chi connectivity index (χ2v) is 4.63. The van der Waals surface area contributed by atoms with E-state index in [9.17, 15) is 4.79 Å². The molecule has 0 saturated carbocycles. The minimum Gasteiger partial charge on any atom is -0.295 e. The van der Waals surface area contributed by atoms with Crippen molar-refractivity contribution in [1.82, 2.24) is 0 Å². The van der Waals surface area contributed by atoms with Crippen LogP contribution in [-0.2, 0) is 4.79 Å². The number of rotatable bonds is 12. The van der Waals surface area contributed by atoms with Crippen molar-refractivity contribution in [2.75, 3.05) is 0 Å². The predicted molar refractivity (Wildman–Crippen MR) is 76.2 cm³/mol. The molecule has 1 heteroatoms. The topological polar surface area (TPSA) is 17.1 Å². The fraction of sp³-hybridized carbons (Fsp3) is 0.688. The monoisotopic (exact) mass is 236 g/mol. The molecule has 0 atom stereocenters. The van der Waals surface area contributed by atoms with Gasteiger partial charge in [0.05, 0.1) is 0 Å². The molecule has 1 nitrogen and oxygen atoms in total. The van der Waals surface area contributed by atoms with Crippen LogP contribution in [0.1, 0.15) is 71.1 Å². The molecule has 0 fully saturated rings. The first-order chi connectivity index (χ1) is 8.31. The van der Waals surface area contributed by atoms with E-state index >= 15 is 0 Å². The summed E-state index contributed by atoms with van der Waals surface area (Å²) in [7, 11) is 0. The third-order valence-corrected chi connectivity index (χ3v) is 2.87. The van der Waals surface area contributed by atoms with Gasteiger partial charge in [0, 0.05) is 6.42 Å². The number of allylic oxidation sites excluding steroid dienone is 3. The average Bonchev–Trinajstić information content (AvgIpc) is 2.32. The van der Waals surface area contributed by atoms with Gasteiger partial charge in [-0.15, -0.1) is 6.58 Å². The quantitative estimate of drug-likeness (QED) is 0.258. The van der Waals surface area contributed by atoms with Gasteiger partial charge < -0.3 is 0 Å². The first-order valence-electron chi connectivity index (χ1n) is 7.11. The van der Waals surface area contributed by atoms with Crippen molar-refractivity contribution in [2.24, 2.45) is 0 Å². The van der Waals surface area contributed by atoms with Crippen LogP contribution in [0.2, 0.25) is 0 Å². The van der Waals surface area contributed by atoms with Gasteiger partial charge in [0.1, 0.15) is 0 Å². The number of carbonyl (C=O) groups excluding carboxylic acids is 1. The van der Waals surface area contributed by atoms with Crippen LogP contribution in [-0.4, -0.2) is 5.78 Å². The molecule has 0 rings (SSSR count). The van der Waals surface area contributed by atoms with E-state index in [0.29, 0.717) is 6.42 Å². The first kappa shape index (κ1) is 16.1. The van der Waals surface area contributed by atoms with Crippen molar-refractivity contribution in [3.63, 3.8) is 0 Å². The molecule has 0 heterocycles. The molecule has 0 N–H and O–H groups in total. The van der Waals surface area contributed by atoms with Gasteiger partial charge in [0.15, 0.2) is 5.78 Å². The van der Waals surface area contributed by atoms with Gasteiger partial charge in [0.2, 0.25) is 0 Å². The largest absolute Gasteiger partial charge is 0.295 e. The molecule has 0 aromatic heterocycles. The van der Waals surface area contributed by atoms with Crippen LogP contribution >= 0.6 is 0 Å². The third-order valence-electron chi connectivity index (χ3n) is 2.87. The smallest absolute Gasteiger partial charge is 0.159 e. The zero-order chi connectivity index (χ0) is 12.8. The highest BCUT2D eigenvalue weighted by molar-refractivity contribution is 5.90. The van der Waals surface area contributed by atoms with E-state index in [1.807, 2.05) is 6.08 Å². The van der Waals surface area contributed by atoms with Crippen molar-refractivity contribution in [3.05, 3.63) is 24.8 Å². The maximum atomic E-state index is 11.1. The molecule has 0 unspecified atom stereocenters. The Morgan fingerprint density at radius 2 is 1.59 bits per heavy atom. The molecule has 0 aliphatic heterocycles. The number of hydrogen-bond donors (Lipinski definition) is 0. The van der Waals surface area contributed by atoms with Crippen molar-refractivity contribution < 1.29 is 4.79 Å². The highest BCUT2D eigenvalue weighted by atomic mass is 16.1. The molecular formula is C16H28O. The van der Waals surface area contributed by atoms with Crippen molar-refractivity contribution in [3.8, 4) is 0 Å². The lowest BCUT2D eigenvalue weighted by molar-refractivity contribution is -0.113. The number of ketones is 1. The standard InChI is InChI=1S/C16H28O/c1-3-5-6-7-8-9-10-11-12-13-15-16(17)14-4-2/h4,13,15H,2-3,5-12,14H2,1H3. The first-order valence-corrected chi connectivity index (χ1v) is 7.11. The summed E-state index contributed by atoms with van der Waals surface area (Å²) in [5, 5.41) is 0. The summed E-state index contributed by atoms with van der Waals surface area (Å²) in [6.45, 7) is 5.80. The van der Waals surface area contributed by atoms with E-state index in [0.717, 1.165) is 6.42 Å². The zero-order valence-electron chi connectivity index (χ0n) is 11.4. The summed E-state index contributed by atoms with van der Waals surface area (Å²) in [4.78, 5) is 11.1. The minimum absolute atomic E-state index is 0.166. The Kier molecular flexibility index (Phi) is 12.6. The molecule has 0 aliphatic rings. The predicted octanol–water partition coefficient (Wildman–Crippen LogP) is 5.22. The summed E-state index contributed by atoms with van der Waals surface area (Å²) >= 11 is 0. The van der Waals surface area contributed by atoms with Gasteiger partial charge in [-0.1, -0.05) is 64.0 Å². The van der Waals surface area contributed by atoms with E-state index in [1.54, 1.807) is 12.2 Å². The van der Waals surface area contributed by atoms with E-state index in [4.69, 9.17) is 0 Å². The normalized spacial score (nSPS) is 10.9. The fourth-order valence-corrected chi connectivity index (χ4v) is 1.82. The summed E-state index contributed by atoms with van der Waals surface area (Å²) in [5.41, 5.74) is 0. The Bertz CT molecular complexity index is 216. The number of hydrogen-bond acceptors (Lipinski definition) is 1. The highest BCUT2D eigenvalue weighted by Crippen LogP contribution is 2.09. The molecule has 98 valence electrons. The van der Waals surface area contributed by atoms with Gasteiger partial charge in [-0.3, -0.25) is 4.79 Å². The summed E-state index contributed by atoms with van der Waals surface area (Å²) in [6, 6.07) is 0. The molecule has 0 saturated heterocycles. The Labute approximate surface area is 107 Å². The molecule has 0 amide bonds. The van der Waals surface area contributed by atoms with E-state index in [2.05, 4.69) is 13.5 Å². The Balaban J connectivity index is 3.17. The van der Waals surface area contributed by atoms with Crippen LogP contribution in [0.4, 0.5) is 0 Å². The van der Waals surface area contributed by atoms with Crippen LogP contribution in [0.15, 0.2) is 24.8 Å². The highest BCUT2D eigenvalue weighted by Gasteiger charge is 1.92. The zero-order valence-corrected chi connectivity index (χ0v) is 11.4. The van der Waals surface area contributed by atoms with E-state index in [1.165, 1.54) is 51.4 Å². The fourth-order valence-electron chi connectivity index (χ4n) is 1.82. The average molecular weight is 236 g/mol. The van der Waals surface area contributed by atoms with Crippen LogP contribution in [0, 0.1) is 0 Å². The lowest BCUT2D eigenvalue weighted by Crippen LogP contribution is -1.88. The number of carbonyl (C=O) groups is 1. The van der Waals surface area contributed by atoms with Crippen molar-refractivity contribution in [2.45, 2.75) is 71.1 Å². The van der Waals surface area contributed by atoms with Crippen LogP contribution in [0.5, 0.6) is 0 Å². The minimum atomic E-state index is 0.166. The summed E-state index contributed by atoms with van der Waals surface area (Å²) in [5.74, 6) is 0.166. The molecule has 0 radical (unpaired) electrons.